The maximum atomic E-state index is 13.7. The second kappa shape index (κ2) is 9.22. The molecule has 1 aliphatic rings. The topological polar surface area (TPSA) is 88.1 Å². The second-order valence-corrected chi connectivity index (χ2v) is 12.0. The van der Waals surface area contributed by atoms with Crippen LogP contribution in [0.1, 0.15) is 42.4 Å². The standard InChI is InChI=1S/C24H27F3N5O2P/c1-14-18(6-5-7-20(14)24(25,26)27)15(2)29-23-19-12-22(28-13-21(19)30-16(3)31-23)35(34)10-8-32(9-11-35)17(4)33/h5-7,12-13,15H,8-11H2,1-4H3,(H,29,30,31). The SMILES string of the molecule is CC(=O)N1CCP(=O)(c2cc3c(NC(C)c4cccc(C(F)(F)F)c4C)nc(C)nc3cn2)CC1. The molecule has 0 spiro atoms. The molecule has 1 N–H and O–H groups in total. The summed E-state index contributed by atoms with van der Waals surface area (Å²) in [5.41, 5.74) is 0.980. The van der Waals surface area contributed by atoms with E-state index in [0.717, 1.165) is 6.07 Å². The van der Waals surface area contributed by atoms with Gasteiger partial charge in [-0.15, -0.1) is 0 Å². The molecule has 11 heteroatoms. The lowest BCUT2D eigenvalue weighted by Gasteiger charge is -2.31. The van der Waals surface area contributed by atoms with Crippen LogP contribution in [-0.2, 0) is 15.5 Å². The van der Waals surface area contributed by atoms with Gasteiger partial charge >= 0.3 is 6.18 Å². The molecule has 3 heterocycles. The van der Waals surface area contributed by atoms with Gasteiger partial charge in [-0.25, -0.2) is 9.97 Å². The van der Waals surface area contributed by atoms with E-state index in [-0.39, 0.29) is 11.5 Å². The van der Waals surface area contributed by atoms with Gasteiger partial charge in [0.05, 0.1) is 23.3 Å². The van der Waals surface area contributed by atoms with Crippen LogP contribution in [0.15, 0.2) is 30.5 Å². The number of rotatable bonds is 4. The average molecular weight is 505 g/mol. The number of hydrogen-bond acceptors (Lipinski definition) is 6. The van der Waals surface area contributed by atoms with Gasteiger partial charge in [-0.2, -0.15) is 13.2 Å². The molecule has 1 amide bonds. The summed E-state index contributed by atoms with van der Waals surface area (Å²) in [6.07, 6.45) is -2.19. The number of aryl methyl sites for hydroxylation is 1. The first-order valence-electron chi connectivity index (χ1n) is 11.3. The first-order chi connectivity index (χ1) is 16.4. The number of anilines is 1. The monoisotopic (exact) mass is 505 g/mol. The molecule has 3 aromatic rings. The van der Waals surface area contributed by atoms with Gasteiger partial charge in [-0.05, 0) is 44.0 Å². The number of alkyl halides is 3. The third-order valence-corrected chi connectivity index (χ3v) is 9.43. The lowest BCUT2D eigenvalue weighted by atomic mass is 9.97. The number of halogens is 3. The number of pyridine rings is 1. The number of fused-ring (bicyclic) bond motifs is 1. The Balaban J connectivity index is 1.70. The van der Waals surface area contributed by atoms with E-state index in [2.05, 4.69) is 20.3 Å². The molecule has 0 aliphatic carbocycles. The van der Waals surface area contributed by atoms with Crippen LogP contribution in [0.4, 0.5) is 19.0 Å². The van der Waals surface area contributed by atoms with Crippen molar-refractivity contribution in [3.63, 3.8) is 0 Å². The van der Waals surface area contributed by atoms with Crippen LogP contribution in [0.25, 0.3) is 10.9 Å². The largest absolute Gasteiger partial charge is 0.416 e. The number of aromatic nitrogens is 3. The van der Waals surface area contributed by atoms with E-state index in [1.165, 1.54) is 19.9 Å². The van der Waals surface area contributed by atoms with E-state index in [1.807, 2.05) is 0 Å². The predicted molar refractivity (Wildman–Crippen MR) is 130 cm³/mol. The number of amides is 1. The lowest BCUT2D eigenvalue weighted by molar-refractivity contribution is -0.138. The van der Waals surface area contributed by atoms with Crippen LogP contribution in [0, 0.1) is 13.8 Å². The number of benzene rings is 1. The third kappa shape index (κ3) is 5.03. The Kier molecular flexibility index (Phi) is 6.62. The highest BCUT2D eigenvalue weighted by Crippen LogP contribution is 2.46. The molecule has 1 aromatic carbocycles. The van der Waals surface area contributed by atoms with Crippen molar-refractivity contribution in [2.45, 2.75) is 39.9 Å². The molecular formula is C24H27F3N5O2P. The highest BCUT2D eigenvalue weighted by molar-refractivity contribution is 7.71. The predicted octanol–water partition coefficient (Wildman–Crippen LogP) is 4.68. The van der Waals surface area contributed by atoms with Crippen molar-refractivity contribution < 1.29 is 22.5 Å². The van der Waals surface area contributed by atoms with E-state index >= 15 is 0 Å². The van der Waals surface area contributed by atoms with Gasteiger partial charge in [0.2, 0.25) is 5.91 Å². The molecule has 1 unspecified atom stereocenters. The highest BCUT2D eigenvalue weighted by Gasteiger charge is 2.34. The van der Waals surface area contributed by atoms with Crippen molar-refractivity contribution in [1.82, 2.24) is 19.9 Å². The van der Waals surface area contributed by atoms with Crippen LogP contribution in [0.5, 0.6) is 0 Å². The Morgan fingerprint density at radius 1 is 1.17 bits per heavy atom. The molecule has 7 nitrogen and oxygen atoms in total. The normalized spacial score (nSPS) is 16.8. The maximum Gasteiger partial charge on any atom is 0.416 e. The Hall–Kier alpha value is -3.00. The summed E-state index contributed by atoms with van der Waals surface area (Å²) in [7, 11) is -2.82. The number of nitrogens with zero attached hydrogens (tertiary/aromatic N) is 4. The van der Waals surface area contributed by atoms with Gasteiger partial charge < -0.3 is 14.8 Å². The first kappa shape index (κ1) is 25.1. The molecule has 186 valence electrons. The first-order valence-corrected chi connectivity index (χ1v) is 13.4. The van der Waals surface area contributed by atoms with E-state index in [4.69, 9.17) is 0 Å². The van der Waals surface area contributed by atoms with Crippen LogP contribution in [-0.4, -0.2) is 51.2 Å². The molecule has 0 radical (unpaired) electrons. The van der Waals surface area contributed by atoms with Gasteiger partial charge in [0.1, 0.15) is 24.2 Å². The molecule has 1 aliphatic heterocycles. The molecule has 1 atom stereocenters. The molecule has 4 rings (SSSR count). The summed E-state index contributed by atoms with van der Waals surface area (Å²) in [5.74, 6) is 0.871. The average Bonchev–Trinajstić information content (AvgIpc) is 2.78. The fourth-order valence-electron chi connectivity index (χ4n) is 4.51. The van der Waals surface area contributed by atoms with E-state index in [9.17, 15) is 22.5 Å². The van der Waals surface area contributed by atoms with Crippen molar-refractivity contribution >= 4 is 35.2 Å². The fourth-order valence-corrected chi connectivity index (χ4v) is 6.96. The molecule has 0 bridgehead atoms. The summed E-state index contributed by atoms with van der Waals surface area (Å²) in [5, 5.41) is 3.84. The summed E-state index contributed by atoms with van der Waals surface area (Å²) < 4.78 is 53.9. The van der Waals surface area contributed by atoms with Crippen molar-refractivity contribution in [1.29, 1.82) is 0 Å². The quantitative estimate of drug-likeness (QED) is 0.518. The summed E-state index contributed by atoms with van der Waals surface area (Å²) >= 11 is 0. The number of carbonyl (C=O) groups excluding carboxylic acids is 1. The third-order valence-electron chi connectivity index (χ3n) is 6.51. The van der Waals surface area contributed by atoms with E-state index < -0.39 is 24.9 Å². The van der Waals surface area contributed by atoms with Gasteiger partial charge in [0.25, 0.3) is 0 Å². The molecular weight excluding hydrogens is 478 g/mol. The number of carbonyl (C=O) groups is 1. The van der Waals surface area contributed by atoms with Crippen LogP contribution in [0.3, 0.4) is 0 Å². The molecule has 1 fully saturated rings. The fraction of sp³-hybridized carbons (Fsp3) is 0.417. The van der Waals surface area contributed by atoms with Crippen LogP contribution < -0.4 is 10.8 Å². The van der Waals surface area contributed by atoms with Crippen molar-refractivity contribution in [2.24, 2.45) is 0 Å². The minimum Gasteiger partial charge on any atom is -0.363 e. The van der Waals surface area contributed by atoms with E-state index in [0.29, 0.717) is 59.0 Å². The van der Waals surface area contributed by atoms with Crippen LogP contribution >= 0.6 is 7.14 Å². The Labute approximate surface area is 201 Å². The van der Waals surface area contributed by atoms with Crippen molar-refractivity contribution in [3.8, 4) is 0 Å². The van der Waals surface area contributed by atoms with Crippen molar-refractivity contribution in [3.05, 3.63) is 53.0 Å². The Morgan fingerprint density at radius 3 is 2.49 bits per heavy atom. The zero-order valence-electron chi connectivity index (χ0n) is 20.0. The van der Waals surface area contributed by atoms with Crippen LogP contribution in [0.2, 0.25) is 0 Å². The van der Waals surface area contributed by atoms with Gasteiger partial charge in [-0.3, -0.25) is 9.78 Å². The number of nitrogens with one attached hydrogen (secondary N) is 1. The van der Waals surface area contributed by atoms with Gasteiger partial charge in [0, 0.05) is 37.7 Å². The zero-order chi connectivity index (χ0) is 25.5. The highest BCUT2D eigenvalue weighted by atomic mass is 31.2. The summed E-state index contributed by atoms with van der Waals surface area (Å²) in [6.45, 7) is 7.27. The molecule has 1 saturated heterocycles. The van der Waals surface area contributed by atoms with Crippen molar-refractivity contribution in [2.75, 3.05) is 30.7 Å². The summed E-state index contributed by atoms with van der Waals surface area (Å²) in [4.78, 5) is 26.7. The molecule has 35 heavy (non-hydrogen) atoms. The summed E-state index contributed by atoms with van der Waals surface area (Å²) in [6, 6.07) is 5.36. The number of hydrogen-bond donors (Lipinski definition) is 1. The Bertz CT molecular complexity index is 1330. The van der Waals surface area contributed by atoms with Gasteiger partial charge in [-0.1, -0.05) is 12.1 Å². The zero-order valence-corrected chi connectivity index (χ0v) is 20.9. The van der Waals surface area contributed by atoms with Gasteiger partial charge in [0.15, 0.2) is 0 Å². The minimum atomic E-state index is -4.44. The lowest BCUT2D eigenvalue weighted by Crippen LogP contribution is -2.40. The Morgan fingerprint density at radius 2 is 1.86 bits per heavy atom. The molecule has 0 saturated carbocycles. The second-order valence-electron chi connectivity index (χ2n) is 8.91. The maximum absolute atomic E-state index is 13.7. The van der Waals surface area contributed by atoms with E-state index in [1.54, 1.807) is 37.1 Å². The molecule has 2 aromatic heterocycles. The minimum absolute atomic E-state index is 0.0445. The smallest absolute Gasteiger partial charge is 0.363 e.